The van der Waals surface area contributed by atoms with Crippen LogP contribution in [-0.2, 0) is 0 Å². The molecule has 1 aliphatic heterocycles. The monoisotopic (exact) mass is 368 g/mol. The van der Waals surface area contributed by atoms with Gasteiger partial charge in [-0.2, -0.15) is 5.10 Å². The molecule has 1 fully saturated rings. The molecular weight excluding hydrogens is 348 g/mol. The number of nitrogens with zero attached hydrogens (tertiary/aromatic N) is 2. The molecule has 1 aromatic heterocycles. The average Bonchev–Trinajstić information content (AvgIpc) is 3.15. The molecule has 4 rings (SSSR count). The first kappa shape index (κ1) is 16.6. The van der Waals surface area contributed by atoms with E-state index in [-0.39, 0.29) is 0 Å². The van der Waals surface area contributed by atoms with Crippen molar-refractivity contribution in [1.29, 1.82) is 0 Å². The highest BCUT2D eigenvalue weighted by Gasteiger charge is 2.24. The normalized spacial score (nSPS) is 15.2. The zero-order chi connectivity index (χ0) is 17.1. The molecule has 0 bridgehead atoms. The summed E-state index contributed by atoms with van der Waals surface area (Å²) in [7, 11) is 1.71. The topological polar surface area (TPSA) is 27.1 Å². The molecule has 0 N–H and O–H groups in total. The van der Waals surface area contributed by atoms with Gasteiger partial charge in [0.25, 0.3) is 0 Å². The number of aromatic nitrogens is 2. The van der Waals surface area contributed by atoms with Gasteiger partial charge in [-0.15, -0.1) is 23.5 Å². The van der Waals surface area contributed by atoms with Crippen molar-refractivity contribution in [3.8, 4) is 22.6 Å². The highest BCUT2D eigenvalue weighted by atomic mass is 32.2. The third-order valence-corrected chi connectivity index (χ3v) is 7.11. The Labute approximate surface area is 156 Å². The molecule has 2 aromatic carbocycles. The van der Waals surface area contributed by atoms with Crippen molar-refractivity contribution in [2.75, 3.05) is 18.6 Å². The van der Waals surface area contributed by atoms with Gasteiger partial charge in [0.2, 0.25) is 0 Å². The Hall–Kier alpha value is -1.85. The molecule has 3 nitrogen and oxygen atoms in total. The SMILES string of the molecule is COc1cccc(-c2cn(-c3ccccc3)nc2C2SCCCS2)c1. The minimum atomic E-state index is 0.389. The van der Waals surface area contributed by atoms with Crippen molar-refractivity contribution in [2.24, 2.45) is 0 Å². The quantitative estimate of drug-likeness (QED) is 0.615. The summed E-state index contributed by atoms with van der Waals surface area (Å²) in [6.45, 7) is 0. The predicted molar refractivity (Wildman–Crippen MR) is 108 cm³/mol. The zero-order valence-electron chi connectivity index (χ0n) is 14.1. The second kappa shape index (κ2) is 7.58. The van der Waals surface area contributed by atoms with E-state index in [2.05, 4.69) is 30.5 Å². The lowest BCUT2D eigenvalue weighted by Crippen LogP contribution is -2.03. The van der Waals surface area contributed by atoms with E-state index < -0.39 is 0 Å². The Morgan fingerprint density at radius 1 is 1.04 bits per heavy atom. The molecule has 1 aliphatic rings. The van der Waals surface area contributed by atoms with Crippen LogP contribution in [0, 0.1) is 0 Å². The molecule has 128 valence electrons. The number of ether oxygens (including phenoxy) is 1. The third-order valence-electron chi connectivity index (χ3n) is 4.19. The molecule has 25 heavy (non-hydrogen) atoms. The smallest absolute Gasteiger partial charge is 0.119 e. The van der Waals surface area contributed by atoms with Crippen LogP contribution in [0.15, 0.2) is 60.8 Å². The average molecular weight is 369 g/mol. The molecule has 0 unspecified atom stereocenters. The van der Waals surface area contributed by atoms with Crippen LogP contribution in [0.25, 0.3) is 16.8 Å². The van der Waals surface area contributed by atoms with E-state index in [1.54, 1.807) is 7.11 Å². The Morgan fingerprint density at radius 3 is 2.60 bits per heavy atom. The number of thioether (sulfide) groups is 2. The largest absolute Gasteiger partial charge is 0.497 e. The molecule has 0 radical (unpaired) electrons. The molecule has 0 atom stereocenters. The minimum absolute atomic E-state index is 0.389. The second-order valence-electron chi connectivity index (χ2n) is 5.87. The van der Waals surface area contributed by atoms with Gasteiger partial charge in [-0.05, 0) is 47.8 Å². The minimum Gasteiger partial charge on any atom is -0.497 e. The van der Waals surface area contributed by atoms with E-state index in [4.69, 9.17) is 9.84 Å². The van der Waals surface area contributed by atoms with Crippen LogP contribution in [0.1, 0.15) is 16.7 Å². The lowest BCUT2D eigenvalue weighted by molar-refractivity contribution is 0.415. The number of rotatable bonds is 4. The molecular formula is C20H20N2OS2. The van der Waals surface area contributed by atoms with E-state index in [0.29, 0.717) is 4.58 Å². The van der Waals surface area contributed by atoms with E-state index >= 15 is 0 Å². The van der Waals surface area contributed by atoms with Crippen LogP contribution in [-0.4, -0.2) is 28.4 Å². The third kappa shape index (κ3) is 3.58. The van der Waals surface area contributed by atoms with Gasteiger partial charge in [-0.1, -0.05) is 30.3 Å². The molecule has 0 saturated carbocycles. The number of benzene rings is 2. The van der Waals surface area contributed by atoms with Crippen LogP contribution in [0.5, 0.6) is 5.75 Å². The first-order chi connectivity index (χ1) is 12.3. The molecule has 2 heterocycles. The Balaban J connectivity index is 1.81. The van der Waals surface area contributed by atoms with E-state index in [1.165, 1.54) is 23.5 Å². The summed E-state index contributed by atoms with van der Waals surface area (Å²) >= 11 is 4.00. The maximum atomic E-state index is 5.42. The van der Waals surface area contributed by atoms with Gasteiger partial charge in [0.1, 0.15) is 5.75 Å². The summed E-state index contributed by atoms with van der Waals surface area (Å²) in [5.41, 5.74) is 4.59. The van der Waals surface area contributed by atoms with Gasteiger partial charge in [0.15, 0.2) is 0 Å². The highest BCUT2D eigenvalue weighted by molar-refractivity contribution is 8.16. The predicted octanol–water partition coefficient (Wildman–Crippen LogP) is 5.42. The molecule has 0 aliphatic carbocycles. The van der Waals surface area contributed by atoms with Gasteiger partial charge in [-0.3, -0.25) is 0 Å². The van der Waals surface area contributed by atoms with Crippen molar-refractivity contribution in [2.45, 2.75) is 11.0 Å². The van der Waals surface area contributed by atoms with E-state index in [9.17, 15) is 0 Å². The van der Waals surface area contributed by atoms with Crippen LogP contribution >= 0.6 is 23.5 Å². The summed E-state index contributed by atoms with van der Waals surface area (Å²) in [5, 5.41) is 4.97. The fraction of sp³-hybridized carbons (Fsp3) is 0.250. The van der Waals surface area contributed by atoms with E-state index in [0.717, 1.165) is 22.7 Å². The van der Waals surface area contributed by atoms with Crippen molar-refractivity contribution in [3.05, 3.63) is 66.5 Å². The number of hydrogen-bond donors (Lipinski definition) is 0. The summed E-state index contributed by atoms with van der Waals surface area (Å²) in [6.07, 6.45) is 3.43. The van der Waals surface area contributed by atoms with Crippen LogP contribution < -0.4 is 4.74 Å². The van der Waals surface area contributed by atoms with Crippen molar-refractivity contribution >= 4 is 23.5 Å². The van der Waals surface area contributed by atoms with Gasteiger partial charge in [0, 0.05) is 11.8 Å². The molecule has 0 spiro atoms. The Bertz CT molecular complexity index is 842. The summed E-state index contributed by atoms with van der Waals surface area (Å²) in [5.74, 6) is 3.28. The van der Waals surface area contributed by atoms with Crippen LogP contribution in [0.4, 0.5) is 0 Å². The highest BCUT2D eigenvalue weighted by Crippen LogP contribution is 2.46. The fourth-order valence-electron chi connectivity index (χ4n) is 2.93. The van der Waals surface area contributed by atoms with Crippen molar-refractivity contribution in [3.63, 3.8) is 0 Å². The van der Waals surface area contributed by atoms with Gasteiger partial charge >= 0.3 is 0 Å². The van der Waals surface area contributed by atoms with Gasteiger partial charge < -0.3 is 4.74 Å². The van der Waals surface area contributed by atoms with E-state index in [1.807, 2.05) is 58.5 Å². The lowest BCUT2D eigenvalue weighted by Gasteiger charge is -2.20. The van der Waals surface area contributed by atoms with Gasteiger partial charge in [-0.25, -0.2) is 4.68 Å². The second-order valence-corrected chi connectivity index (χ2v) is 8.59. The molecule has 1 saturated heterocycles. The number of para-hydroxylation sites is 1. The van der Waals surface area contributed by atoms with Crippen molar-refractivity contribution < 1.29 is 4.74 Å². The zero-order valence-corrected chi connectivity index (χ0v) is 15.7. The molecule has 0 amide bonds. The lowest BCUT2D eigenvalue weighted by atomic mass is 10.1. The first-order valence-electron chi connectivity index (χ1n) is 8.38. The molecule has 3 aromatic rings. The van der Waals surface area contributed by atoms with Crippen LogP contribution in [0.3, 0.4) is 0 Å². The maximum Gasteiger partial charge on any atom is 0.119 e. The summed E-state index contributed by atoms with van der Waals surface area (Å²) < 4.78 is 7.80. The standard InChI is InChI=1S/C20H20N2OS2/c1-23-17-10-5-7-15(13-17)18-14-22(16-8-3-2-4-9-16)21-19(18)20-24-11-6-12-25-20/h2-5,7-10,13-14,20H,6,11-12H2,1H3. The van der Waals surface area contributed by atoms with Crippen LogP contribution in [0.2, 0.25) is 0 Å². The fourth-order valence-corrected chi connectivity index (χ4v) is 5.79. The Morgan fingerprint density at radius 2 is 1.84 bits per heavy atom. The molecule has 5 heteroatoms. The van der Waals surface area contributed by atoms with Gasteiger partial charge in [0.05, 0.1) is 23.1 Å². The number of hydrogen-bond acceptors (Lipinski definition) is 4. The van der Waals surface area contributed by atoms with Crippen molar-refractivity contribution in [1.82, 2.24) is 9.78 Å². The summed E-state index contributed by atoms with van der Waals surface area (Å²) in [6, 6.07) is 18.6. The summed E-state index contributed by atoms with van der Waals surface area (Å²) in [4.78, 5) is 0. The number of methoxy groups -OCH3 is 1. The first-order valence-corrected chi connectivity index (χ1v) is 10.5. The maximum absolute atomic E-state index is 5.42. The Kier molecular flexibility index (Phi) is 5.04.